The highest BCUT2D eigenvalue weighted by Gasteiger charge is 2.04. The van der Waals surface area contributed by atoms with Crippen LogP contribution in [0, 0.1) is 0 Å². The Morgan fingerprint density at radius 2 is 1.92 bits per heavy atom. The molecule has 0 amide bonds. The molecule has 0 fully saturated rings. The first-order valence-corrected chi connectivity index (χ1v) is 3.28. The second kappa shape index (κ2) is 3.97. The molecule has 0 saturated carbocycles. The molecular weight excluding hydrogens is 176 g/mol. The fraction of sp³-hybridized carbons (Fsp3) is 0.125. The summed E-state index contributed by atoms with van der Waals surface area (Å²) in [6.45, 7) is 1.46. The number of Topliss-reactive ketones (excluding diaryl/α,β-unsaturated/α-hetero) is 1. The van der Waals surface area contributed by atoms with Crippen molar-refractivity contribution in [1.29, 1.82) is 0 Å². The number of benzene rings is 1. The van der Waals surface area contributed by atoms with E-state index >= 15 is 0 Å². The van der Waals surface area contributed by atoms with E-state index in [0.29, 0.717) is 16.9 Å². The predicted octanol–water partition coefficient (Wildman–Crippen LogP) is 1.48. The maximum Gasteiger partial charge on any atom is 0.161 e. The maximum absolute atomic E-state index is 10.9. The summed E-state index contributed by atoms with van der Waals surface area (Å²) in [5.41, 5.74) is 12.3. The van der Waals surface area contributed by atoms with Gasteiger partial charge in [-0.2, -0.15) is 0 Å². The van der Waals surface area contributed by atoms with Crippen LogP contribution in [-0.4, -0.2) is 5.78 Å². The topological polar surface area (TPSA) is 69.1 Å². The predicted molar refractivity (Wildman–Crippen MR) is 52.5 cm³/mol. The van der Waals surface area contributed by atoms with E-state index in [0.717, 1.165) is 0 Å². The van der Waals surface area contributed by atoms with Crippen molar-refractivity contribution in [2.75, 3.05) is 11.5 Å². The third-order valence-electron chi connectivity index (χ3n) is 1.52. The van der Waals surface area contributed by atoms with Gasteiger partial charge in [0.2, 0.25) is 0 Å². The van der Waals surface area contributed by atoms with E-state index in [9.17, 15) is 4.79 Å². The lowest BCUT2D eigenvalue weighted by atomic mass is 10.1. The van der Waals surface area contributed by atoms with Gasteiger partial charge >= 0.3 is 0 Å². The normalized spacial score (nSPS) is 8.75. The van der Waals surface area contributed by atoms with Crippen LogP contribution in [0.1, 0.15) is 17.3 Å². The van der Waals surface area contributed by atoms with Gasteiger partial charge < -0.3 is 11.5 Å². The number of ketones is 1. The molecule has 0 aliphatic heterocycles. The summed E-state index contributed by atoms with van der Waals surface area (Å²) < 4.78 is 0. The van der Waals surface area contributed by atoms with Crippen molar-refractivity contribution in [2.45, 2.75) is 6.92 Å². The van der Waals surface area contributed by atoms with E-state index in [2.05, 4.69) is 0 Å². The van der Waals surface area contributed by atoms with Crippen LogP contribution in [0.4, 0.5) is 11.4 Å². The van der Waals surface area contributed by atoms with Crippen molar-refractivity contribution in [3.63, 3.8) is 0 Å². The molecule has 4 N–H and O–H groups in total. The number of nitrogen functional groups attached to an aromatic ring is 2. The van der Waals surface area contributed by atoms with Gasteiger partial charge in [-0.15, -0.1) is 12.4 Å². The zero-order valence-corrected chi connectivity index (χ0v) is 7.52. The summed E-state index contributed by atoms with van der Waals surface area (Å²) in [5.74, 6) is -0.0604. The van der Waals surface area contributed by atoms with Crippen molar-refractivity contribution >= 4 is 29.6 Å². The molecule has 0 saturated heterocycles. The van der Waals surface area contributed by atoms with Gasteiger partial charge in [-0.3, -0.25) is 4.79 Å². The Morgan fingerprint density at radius 1 is 1.33 bits per heavy atom. The van der Waals surface area contributed by atoms with Crippen LogP contribution < -0.4 is 11.5 Å². The zero-order chi connectivity index (χ0) is 8.43. The molecule has 0 bridgehead atoms. The average molecular weight is 187 g/mol. The Balaban J connectivity index is 0.00000121. The zero-order valence-electron chi connectivity index (χ0n) is 6.70. The van der Waals surface area contributed by atoms with Crippen molar-refractivity contribution in [3.8, 4) is 0 Å². The number of rotatable bonds is 1. The fourth-order valence-corrected chi connectivity index (χ4v) is 0.890. The van der Waals surface area contributed by atoms with E-state index in [-0.39, 0.29) is 18.2 Å². The summed E-state index contributed by atoms with van der Waals surface area (Å²) in [5, 5.41) is 0. The molecule has 1 rings (SSSR count). The Kier molecular flexibility index (Phi) is 3.57. The maximum atomic E-state index is 10.9. The lowest BCUT2D eigenvalue weighted by Crippen LogP contribution is -2.02. The number of para-hydroxylation sites is 1. The molecular formula is C8H11ClN2O. The second-order valence-electron chi connectivity index (χ2n) is 2.36. The minimum Gasteiger partial charge on any atom is -0.397 e. The molecule has 0 unspecified atom stereocenters. The molecule has 0 aromatic heterocycles. The number of nitrogens with two attached hydrogens (primary N) is 2. The summed E-state index contributed by atoms with van der Waals surface area (Å²) in [6.07, 6.45) is 0. The summed E-state index contributed by atoms with van der Waals surface area (Å²) in [4.78, 5) is 10.9. The molecule has 0 aliphatic rings. The van der Waals surface area contributed by atoms with Crippen LogP contribution in [-0.2, 0) is 0 Å². The molecule has 12 heavy (non-hydrogen) atoms. The number of carbonyl (C=O) groups is 1. The van der Waals surface area contributed by atoms with E-state index < -0.39 is 0 Å². The van der Waals surface area contributed by atoms with Gasteiger partial charge in [0.15, 0.2) is 5.78 Å². The Bertz CT molecular complexity index is 299. The molecule has 4 heteroatoms. The SMILES string of the molecule is CC(=O)c1cccc(N)c1N.Cl. The molecule has 0 aliphatic carbocycles. The lowest BCUT2D eigenvalue weighted by Gasteiger charge is -2.03. The van der Waals surface area contributed by atoms with E-state index in [4.69, 9.17) is 11.5 Å². The van der Waals surface area contributed by atoms with Gasteiger partial charge in [0.05, 0.1) is 11.4 Å². The van der Waals surface area contributed by atoms with Crippen molar-refractivity contribution in [2.24, 2.45) is 0 Å². The van der Waals surface area contributed by atoms with Gasteiger partial charge in [0.25, 0.3) is 0 Å². The van der Waals surface area contributed by atoms with E-state index in [1.807, 2.05) is 0 Å². The monoisotopic (exact) mass is 186 g/mol. The van der Waals surface area contributed by atoms with Gasteiger partial charge in [-0.25, -0.2) is 0 Å². The van der Waals surface area contributed by atoms with Crippen molar-refractivity contribution in [1.82, 2.24) is 0 Å². The highest BCUT2D eigenvalue weighted by atomic mass is 35.5. The summed E-state index contributed by atoms with van der Waals surface area (Å²) >= 11 is 0. The Labute approximate surface area is 77.2 Å². The molecule has 1 aromatic carbocycles. The standard InChI is InChI=1S/C8H10N2O.ClH/c1-5(11)6-3-2-4-7(9)8(6)10;/h2-4H,9-10H2,1H3;1H. The molecule has 0 atom stereocenters. The van der Waals surface area contributed by atoms with Gasteiger partial charge in [-0.1, -0.05) is 6.07 Å². The van der Waals surface area contributed by atoms with Crippen molar-refractivity contribution in [3.05, 3.63) is 23.8 Å². The molecule has 0 spiro atoms. The van der Waals surface area contributed by atoms with Gasteiger partial charge in [0, 0.05) is 5.56 Å². The summed E-state index contributed by atoms with van der Waals surface area (Å²) in [6, 6.07) is 5.04. The first-order valence-electron chi connectivity index (χ1n) is 3.28. The van der Waals surface area contributed by atoms with E-state index in [1.54, 1.807) is 18.2 Å². The highest BCUT2D eigenvalue weighted by Crippen LogP contribution is 2.19. The highest BCUT2D eigenvalue weighted by molar-refractivity contribution is 6.01. The Morgan fingerprint density at radius 3 is 2.33 bits per heavy atom. The summed E-state index contributed by atoms with van der Waals surface area (Å²) in [7, 11) is 0. The molecule has 0 radical (unpaired) electrons. The minimum atomic E-state index is -0.0604. The fourth-order valence-electron chi connectivity index (χ4n) is 0.890. The van der Waals surface area contributed by atoms with Crippen LogP contribution >= 0.6 is 12.4 Å². The second-order valence-corrected chi connectivity index (χ2v) is 2.36. The quantitative estimate of drug-likeness (QED) is 0.516. The van der Waals surface area contributed by atoms with Gasteiger partial charge in [-0.05, 0) is 19.1 Å². The Hall–Kier alpha value is -1.22. The minimum absolute atomic E-state index is 0. The van der Waals surface area contributed by atoms with Crippen LogP contribution in [0.3, 0.4) is 0 Å². The van der Waals surface area contributed by atoms with Crippen molar-refractivity contribution < 1.29 is 4.79 Å². The van der Waals surface area contributed by atoms with Crippen LogP contribution in [0.2, 0.25) is 0 Å². The van der Waals surface area contributed by atoms with E-state index in [1.165, 1.54) is 6.92 Å². The number of hydrogen-bond donors (Lipinski definition) is 2. The smallest absolute Gasteiger partial charge is 0.161 e. The number of anilines is 2. The number of halogens is 1. The lowest BCUT2D eigenvalue weighted by molar-refractivity contribution is 0.101. The van der Waals surface area contributed by atoms with Crippen LogP contribution in [0.25, 0.3) is 0 Å². The van der Waals surface area contributed by atoms with Crippen LogP contribution in [0.5, 0.6) is 0 Å². The molecule has 66 valence electrons. The first-order chi connectivity index (χ1) is 5.13. The first kappa shape index (κ1) is 10.8. The molecule has 3 nitrogen and oxygen atoms in total. The molecule has 1 aromatic rings. The van der Waals surface area contributed by atoms with Gasteiger partial charge in [0.1, 0.15) is 0 Å². The largest absolute Gasteiger partial charge is 0.397 e. The third-order valence-corrected chi connectivity index (χ3v) is 1.52. The number of carbonyl (C=O) groups excluding carboxylic acids is 1. The molecule has 0 heterocycles. The third kappa shape index (κ3) is 1.89. The number of hydrogen-bond acceptors (Lipinski definition) is 3. The van der Waals surface area contributed by atoms with Crippen LogP contribution in [0.15, 0.2) is 18.2 Å². The average Bonchev–Trinajstić information content (AvgIpc) is 1.94.